The fourth-order valence-electron chi connectivity index (χ4n) is 3.08. The molecule has 0 saturated carbocycles. The summed E-state index contributed by atoms with van der Waals surface area (Å²) in [6.07, 6.45) is 5.66. The van der Waals surface area contributed by atoms with Crippen LogP contribution >= 0.6 is 0 Å². The first-order valence-corrected chi connectivity index (χ1v) is 8.40. The second-order valence-electron chi connectivity index (χ2n) is 6.10. The predicted octanol–water partition coefficient (Wildman–Crippen LogP) is 2.96. The van der Waals surface area contributed by atoms with E-state index in [-0.39, 0.29) is 33.3 Å². The lowest BCUT2D eigenvalue weighted by Gasteiger charge is -2.06. The van der Waals surface area contributed by atoms with Gasteiger partial charge in [0.2, 0.25) is 5.88 Å². The fourth-order valence-corrected chi connectivity index (χ4v) is 3.08. The van der Waals surface area contributed by atoms with Crippen LogP contribution in [0.2, 0.25) is 0 Å². The number of aromatic hydroxyl groups is 1. The number of nitro groups is 1. The van der Waals surface area contributed by atoms with E-state index in [2.05, 4.69) is 9.97 Å². The molecule has 4 aromatic rings. The molecule has 0 amide bonds. The highest BCUT2D eigenvalue weighted by atomic mass is 16.6. The molecule has 0 unspecified atom stereocenters. The lowest BCUT2D eigenvalue weighted by molar-refractivity contribution is -0.384. The molecule has 29 heavy (non-hydrogen) atoms. The summed E-state index contributed by atoms with van der Waals surface area (Å²) in [7, 11) is 0. The van der Waals surface area contributed by atoms with Crippen LogP contribution in [-0.4, -0.2) is 36.3 Å². The van der Waals surface area contributed by atoms with Crippen LogP contribution in [0.5, 0.6) is 5.88 Å². The Morgan fingerprint density at radius 1 is 0.931 bits per heavy atom. The zero-order valence-corrected chi connectivity index (χ0v) is 14.7. The normalized spacial score (nSPS) is 10.8. The van der Waals surface area contributed by atoms with Crippen LogP contribution in [0, 0.1) is 10.1 Å². The number of nitro benzene ring substituents is 1. The molecule has 9 nitrogen and oxygen atoms in total. The molecule has 0 spiro atoms. The van der Waals surface area contributed by atoms with Gasteiger partial charge in [0.05, 0.1) is 16.0 Å². The van der Waals surface area contributed by atoms with Gasteiger partial charge in [-0.25, -0.2) is 4.57 Å². The van der Waals surface area contributed by atoms with Crippen molar-refractivity contribution >= 4 is 28.3 Å². The number of nitrogens with zero attached hydrogens (tertiary/aromatic N) is 4. The van der Waals surface area contributed by atoms with Gasteiger partial charge in [-0.1, -0.05) is 0 Å². The van der Waals surface area contributed by atoms with E-state index in [1.807, 2.05) is 0 Å². The summed E-state index contributed by atoms with van der Waals surface area (Å²) in [5.74, 6) is -1.78. The van der Waals surface area contributed by atoms with Crippen LogP contribution in [0.15, 0.2) is 67.3 Å². The van der Waals surface area contributed by atoms with E-state index < -0.39 is 22.5 Å². The average Bonchev–Trinajstić information content (AvgIpc) is 3.04. The van der Waals surface area contributed by atoms with Gasteiger partial charge in [0.15, 0.2) is 5.78 Å². The summed E-state index contributed by atoms with van der Waals surface area (Å²) in [6, 6.07) is 9.54. The van der Waals surface area contributed by atoms with Gasteiger partial charge in [0.25, 0.3) is 11.6 Å². The lowest BCUT2D eigenvalue weighted by atomic mass is 10.0. The first-order valence-electron chi connectivity index (χ1n) is 8.40. The molecule has 3 heterocycles. The molecule has 1 aromatic carbocycles. The smallest absolute Gasteiger partial charge is 0.271 e. The number of ketones is 1. The Balaban J connectivity index is 2.00. The van der Waals surface area contributed by atoms with Crippen LogP contribution < -0.4 is 0 Å². The molecule has 142 valence electrons. The Labute approximate surface area is 163 Å². The Hall–Kier alpha value is -4.40. The number of aromatic nitrogens is 3. The van der Waals surface area contributed by atoms with Crippen molar-refractivity contribution in [3.8, 4) is 5.88 Å². The van der Waals surface area contributed by atoms with Crippen molar-refractivity contribution in [1.29, 1.82) is 0 Å². The largest absolute Gasteiger partial charge is 0.494 e. The molecule has 0 bridgehead atoms. The summed E-state index contributed by atoms with van der Waals surface area (Å²) in [5.41, 5.74) is 0.104. The van der Waals surface area contributed by atoms with Crippen molar-refractivity contribution in [2.75, 3.05) is 0 Å². The molecule has 3 aromatic heterocycles. The Kier molecular flexibility index (Phi) is 4.32. The van der Waals surface area contributed by atoms with Gasteiger partial charge in [0, 0.05) is 53.4 Å². The number of pyridine rings is 2. The van der Waals surface area contributed by atoms with Gasteiger partial charge in [-0.2, -0.15) is 0 Å². The fraction of sp³-hybridized carbons (Fsp3) is 0. The van der Waals surface area contributed by atoms with Gasteiger partial charge in [-0.05, 0) is 30.3 Å². The molecule has 1 N–H and O–H groups in total. The number of carbonyl (C=O) groups is 2. The summed E-state index contributed by atoms with van der Waals surface area (Å²) in [5, 5.41) is 22.3. The van der Waals surface area contributed by atoms with Gasteiger partial charge in [-0.15, -0.1) is 0 Å². The second kappa shape index (κ2) is 6.97. The molecule has 0 atom stereocenters. The molecule has 4 rings (SSSR count). The molecule has 0 radical (unpaired) electrons. The van der Waals surface area contributed by atoms with E-state index in [0.717, 1.165) is 10.6 Å². The van der Waals surface area contributed by atoms with E-state index in [4.69, 9.17) is 0 Å². The molecule has 0 fully saturated rings. The third kappa shape index (κ3) is 3.00. The zero-order valence-electron chi connectivity index (χ0n) is 14.7. The summed E-state index contributed by atoms with van der Waals surface area (Å²) in [4.78, 5) is 44.3. The van der Waals surface area contributed by atoms with Crippen molar-refractivity contribution in [2.24, 2.45) is 0 Å². The molecular weight excluding hydrogens is 376 g/mol. The third-order valence-electron chi connectivity index (χ3n) is 4.44. The lowest BCUT2D eigenvalue weighted by Crippen LogP contribution is -2.12. The maximum Gasteiger partial charge on any atom is 0.271 e. The topological polar surface area (TPSA) is 128 Å². The van der Waals surface area contributed by atoms with Gasteiger partial charge in [-0.3, -0.25) is 29.7 Å². The van der Waals surface area contributed by atoms with Crippen LogP contribution in [-0.2, 0) is 0 Å². The molecule has 0 aliphatic heterocycles. The number of rotatable bonds is 4. The maximum absolute atomic E-state index is 13.0. The predicted molar refractivity (Wildman–Crippen MR) is 102 cm³/mol. The minimum absolute atomic E-state index is 0.0518. The van der Waals surface area contributed by atoms with Gasteiger partial charge >= 0.3 is 0 Å². The van der Waals surface area contributed by atoms with E-state index >= 15 is 0 Å². The Bertz CT molecular complexity index is 1270. The molecule has 0 aliphatic carbocycles. The van der Waals surface area contributed by atoms with E-state index in [9.17, 15) is 24.8 Å². The second-order valence-corrected chi connectivity index (χ2v) is 6.10. The summed E-state index contributed by atoms with van der Waals surface area (Å²) < 4.78 is 0.895. The van der Waals surface area contributed by atoms with Crippen LogP contribution in [0.1, 0.15) is 26.3 Å². The van der Waals surface area contributed by atoms with E-state index in [0.29, 0.717) is 0 Å². The highest BCUT2D eigenvalue weighted by molar-refractivity contribution is 6.20. The Morgan fingerprint density at radius 3 is 2.10 bits per heavy atom. The standard InChI is InChI=1S/C20H12N4O5/c25-18(12-3-7-21-8-4-12)17-15-2-1-14(24(28)29)11-16(15)23(20(17)27)19(26)13-5-9-22-10-6-13/h1-11,27H. The monoisotopic (exact) mass is 388 g/mol. The highest BCUT2D eigenvalue weighted by Crippen LogP contribution is 2.35. The number of hydrogen-bond donors (Lipinski definition) is 1. The number of benzene rings is 1. The summed E-state index contributed by atoms with van der Waals surface area (Å²) >= 11 is 0. The van der Waals surface area contributed by atoms with Crippen molar-refractivity contribution in [2.45, 2.75) is 0 Å². The van der Waals surface area contributed by atoms with Crippen molar-refractivity contribution in [1.82, 2.24) is 14.5 Å². The molecule has 0 saturated heterocycles. The van der Waals surface area contributed by atoms with Crippen molar-refractivity contribution < 1.29 is 19.6 Å². The maximum atomic E-state index is 13.0. The van der Waals surface area contributed by atoms with E-state index in [1.165, 1.54) is 61.2 Å². The van der Waals surface area contributed by atoms with Gasteiger partial charge < -0.3 is 5.11 Å². The highest BCUT2D eigenvalue weighted by Gasteiger charge is 2.28. The Morgan fingerprint density at radius 2 is 1.52 bits per heavy atom. The third-order valence-corrected chi connectivity index (χ3v) is 4.44. The molecule has 9 heteroatoms. The SMILES string of the molecule is O=C(c1ccncc1)c1c(O)n(C(=O)c2ccncc2)c2cc([N+](=O)[O-])ccc12. The van der Waals surface area contributed by atoms with Crippen LogP contribution in [0.3, 0.4) is 0 Å². The van der Waals surface area contributed by atoms with E-state index in [1.54, 1.807) is 0 Å². The minimum atomic E-state index is -0.649. The van der Waals surface area contributed by atoms with Crippen LogP contribution in [0.25, 0.3) is 10.9 Å². The quantitative estimate of drug-likeness (QED) is 0.323. The van der Waals surface area contributed by atoms with Crippen molar-refractivity contribution in [3.05, 3.63) is 94.1 Å². The summed E-state index contributed by atoms with van der Waals surface area (Å²) in [6.45, 7) is 0. The molecular formula is C20H12N4O5. The molecule has 0 aliphatic rings. The first kappa shape index (κ1) is 18.0. The number of hydrogen-bond acceptors (Lipinski definition) is 7. The number of fused-ring (bicyclic) bond motifs is 1. The zero-order chi connectivity index (χ0) is 20.5. The van der Waals surface area contributed by atoms with Crippen molar-refractivity contribution in [3.63, 3.8) is 0 Å². The number of non-ortho nitro benzene ring substituents is 1. The minimum Gasteiger partial charge on any atom is -0.494 e. The first-order chi connectivity index (χ1) is 14.0. The van der Waals surface area contributed by atoms with Crippen LogP contribution in [0.4, 0.5) is 5.69 Å². The average molecular weight is 388 g/mol. The van der Waals surface area contributed by atoms with Gasteiger partial charge in [0.1, 0.15) is 0 Å². The number of carbonyl (C=O) groups excluding carboxylic acids is 2.